The van der Waals surface area contributed by atoms with Gasteiger partial charge in [0, 0.05) is 56.4 Å². The summed E-state index contributed by atoms with van der Waals surface area (Å²) in [5.74, 6) is -0.523. The standard InChI is InChI=1S/C49H70N4O11/c1-10-30-12-11-13-42(64-44-19-18-39(50-5)27(3)60-44)26(2)45(55)38-22-34-33-20-32(63-49-48(59-9)47(58-8)46(57-7)28(4)61-49)21-37(33)41(23-35(34)36(38)24-43(54)62-30)53-25-40(51-52-53)29-14-16-31(56-6)17-15-29/h14-17,22-23,25-28,30,32-37,39,42,44,46-50H,10-13,18-21,24H2,1-9H3/t26-,27?,28?,30+,32+,33+,34+,35-,36+,37-,39+,42+,44+,46+,47?,48?,49+/m1/s1. The summed E-state index contributed by atoms with van der Waals surface area (Å²) >= 11 is 0. The summed E-state index contributed by atoms with van der Waals surface area (Å²) in [6, 6.07) is 8.01. The predicted molar refractivity (Wildman–Crippen MR) is 237 cm³/mol. The van der Waals surface area contributed by atoms with Crippen LogP contribution in [0, 0.1) is 35.5 Å². The van der Waals surface area contributed by atoms with E-state index in [0.29, 0.717) is 37.7 Å². The van der Waals surface area contributed by atoms with Gasteiger partial charge in [-0.05, 0) is 120 Å². The highest BCUT2D eigenvalue weighted by atomic mass is 16.7. The van der Waals surface area contributed by atoms with E-state index in [4.69, 9.17) is 47.8 Å². The lowest BCUT2D eigenvalue weighted by molar-refractivity contribution is -0.314. The van der Waals surface area contributed by atoms with Crippen LogP contribution in [-0.2, 0) is 47.5 Å². The predicted octanol–water partition coefficient (Wildman–Crippen LogP) is 6.40. The molecule has 1 saturated carbocycles. The van der Waals surface area contributed by atoms with Gasteiger partial charge in [-0.15, -0.1) is 5.10 Å². The molecular weight excluding hydrogens is 821 g/mol. The summed E-state index contributed by atoms with van der Waals surface area (Å²) in [5, 5.41) is 12.7. The van der Waals surface area contributed by atoms with Crippen LogP contribution in [0.5, 0.6) is 5.75 Å². The van der Waals surface area contributed by atoms with Gasteiger partial charge in [-0.1, -0.05) is 31.2 Å². The fourth-order valence-corrected chi connectivity index (χ4v) is 11.7. The molecular formula is C49H70N4O11. The highest BCUT2D eigenvalue weighted by Crippen LogP contribution is 2.57. The Kier molecular flexibility index (Phi) is 15.1. The minimum absolute atomic E-state index is 0.00568. The molecule has 3 aliphatic carbocycles. The average Bonchev–Trinajstić information content (AvgIpc) is 4.05. The highest BCUT2D eigenvalue weighted by molar-refractivity contribution is 5.99. The second-order valence-electron chi connectivity index (χ2n) is 18.8. The molecule has 6 aliphatic rings. The number of hydrogen-bond acceptors (Lipinski definition) is 14. The molecule has 1 aromatic carbocycles. The number of nitrogens with zero attached hydrogens (tertiary/aromatic N) is 3. The van der Waals surface area contributed by atoms with Gasteiger partial charge in [0.1, 0.15) is 35.9 Å². The number of hydrogen-bond donors (Lipinski definition) is 1. The number of carbonyl (C=O) groups excluding carboxylic acids is 2. The monoisotopic (exact) mass is 891 g/mol. The summed E-state index contributed by atoms with van der Waals surface area (Å²) in [7, 11) is 8.54. The third-order valence-electron chi connectivity index (χ3n) is 15.3. The zero-order valence-corrected chi connectivity index (χ0v) is 39.1. The number of allylic oxidation sites excluding steroid dienone is 4. The first-order valence-electron chi connectivity index (χ1n) is 23.6. The zero-order valence-electron chi connectivity index (χ0n) is 39.1. The zero-order chi connectivity index (χ0) is 45.2. The Morgan fingerprint density at radius 1 is 0.828 bits per heavy atom. The van der Waals surface area contributed by atoms with Crippen LogP contribution in [0.1, 0.15) is 85.5 Å². The van der Waals surface area contributed by atoms with Crippen molar-refractivity contribution in [3.63, 3.8) is 0 Å². The Morgan fingerprint density at radius 3 is 2.28 bits per heavy atom. The van der Waals surface area contributed by atoms with Crippen LogP contribution in [0.3, 0.4) is 0 Å². The lowest BCUT2D eigenvalue weighted by Gasteiger charge is -2.44. The van der Waals surface area contributed by atoms with E-state index >= 15 is 4.79 Å². The maximum absolute atomic E-state index is 15.1. The molecule has 1 aromatic heterocycles. The molecule has 4 heterocycles. The summed E-state index contributed by atoms with van der Waals surface area (Å²) in [5.41, 5.74) is 3.29. The molecule has 64 heavy (non-hydrogen) atoms. The number of ketones is 1. The topological polar surface area (TPSA) is 160 Å². The van der Waals surface area contributed by atoms with Gasteiger partial charge in [-0.2, -0.15) is 0 Å². The second kappa shape index (κ2) is 20.5. The molecule has 0 spiro atoms. The van der Waals surface area contributed by atoms with Crippen LogP contribution in [0.2, 0.25) is 0 Å². The molecule has 352 valence electrons. The lowest BCUT2D eigenvalue weighted by Crippen LogP contribution is -2.59. The van der Waals surface area contributed by atoms with E-state index in [1.54, 1.807) is 28.4 Å². The van der Waals surface area contributed by atoms with Crippen molar-refractivity contribution in [2.24, 2.45) is 35.5 Å². The Hall–Kier alpha value is -3.54. The van der Waals surface area contributed by atoms with Crippen molar-refractivity contribution in [1.82, 2.24) is 20.3 Å². The number of benzene rings is 1. The fraction of sp³-hybridized carbons (Fsp3) is 0.714. The van der Waals surface area contributed by atoms with E-state index in [-0.39, 0.29) is 84.5 Å². The van der Waals surface area contributed by atoms with Crippen molar-refractivity contribution in [3.05, 3.63) is 48.2 Å². The minimum Gasteiger partial charge on any atom is -0.497 e. The number of fused-ring (bicyclic) bond motifs is 5. The number of cyclic esters (lactones) is 1. The van der Waals surface area contributed by atoms with Crippen molar-refractivity contribution >= 4 is 17.4 Å². The maximum atomic E-state index is 15.1. The van der Waals surface area contributed by atoms with Crippen molar-refractivity contribution in [2.45, 2.75) is 153 Å². The van der Waals surface area contributed by atoms with Gasteiger partial charge in [0.2, 0.25) is 0 Å². The van der Waals surface area contributed by atoms with Crippen molar-refractivity contribution in [1.29, 1.82) is 0 Å². The van der Waals surface area contributed by atoms with E-state index < -0.39 is 36.6 Å². The van der Waals surface area contributed by atoms with Crippen LogP contribution >= 0.6 is 0 Å². The summed E-state index contributed by atoms with van der Waals surface area (Å²) in [6.07, 6.45) is 8.92. The van der Waals surface area contributed by atoms with Crippen molar-refractivity contribution < 1.29 is 52.2 Å². The third kappa shape index (κ3) is 9.51. The van der Waals surface area contributed by atoms with Gasteiger partial charge < -0.3 is 47.9 Å². The first-order valence-corrected chi connectivity index (χ1v) is 23.6. The molecule has 0 radical (unpaired) electrons. The van der Waals surface area contributed by atoms with E-state index in [1.807, 2.05) is 56.0 Å². The molecule has 4 unspecified atom stereocenters. The van der Waals surface area contributed by atoms with Gasteiger partial charge >= 0.3 is 5.97 Å². The molecule has 3 aliphatic heterocycles. The van der Waals surface area contributed by atoms with Gasteiger partial charge in [-0.25, -0.2) is 4.68 Å². The molecule has 3 saturated heterocycles. The Bertz CT molecular complexity index is 1970. The van der Waals surface area contributed by atoms with Crippen LogP contribution in [0.4, 0.5) is 0 Å². The molecule has 1 N–H and O–H groups in total. The van der Waals surface area contributed by atoms with Crippen molar-refractivity contribution in [2.75, 3.05) is 35.5 Å². The van der Waals surface area contributed by atoms with Gasteiger partial charge in [0.05, 0.1) is 44.1 Å². The molecule has 8 rings (SSSR count). The quantitative estimate of drug-likeness (QED) is 0.233. The molecule has 0 bridgehead atoms. The first kappa shape index (κ1) is 47.0. The van der Waals surface area contributed by atoms with Gasteiger partial charge in [-0.3, -0.25) is 9.59 Å². The number of nitrogens with one attached hydrogen (secondary N) is 1. The highest BCUT2D eigenvalue weighted by Gasteiger charge is 2.55. The average molecular weight is 891 g/mol. The fourth-order valence-electron chi connectivity index (χ4n) is 11.7. The van der Waals surface area contributed by atoms with Crippen LogP contribution in [0.15, 0.2) is 48.2 Å². The Balaban J connectivity index is 1.14. The Labute approximate surface area is 378 Å². The van der Waals surface area contributed by atoms with E-state index in [1.165, 1.54) is 0 Å². The number of rotatable bonds is 12. The normalized spacial score (nSPS) is 39.4. The van der Waals surface area contributed by atoms with Gasteiger partial charge in [0.15, 0.2) is 18.4 Å². The SMILES string of the molecule is CC[C@H]1CCC[C@H](O[C@H]2CC[C@H](NC)C(C)O2)[C@@H](C)C(=O)C2=C[C@@H]3[C@@H](C=C(n4cc(-c5ccc(OC)cc5)nn4)[C@@H]4C[C@@H](O[C@@H]5OC(C)[C@H](OC)C(OC)C5OC)C[C@@H]34)[C@@H]2CC(=O)O1. The van der Waals surface area contributed by atoms with E-state index in [0.717, 1.165) is 42.0 Å². The number of Topliss-reactive ketones (excluding diaryl/α,β-unsaturated/α-hetero) is 1. The number of aromatic nitrogens is 3. The van der Waals surface area contributed by atoms with Gasteiger partial charge in [0.25, 0.3) is 0 Å². The van der Waals surface area contributed by atoms with Crippen molar-refractivity contribution in [3.8, 4) is 17.0 Å². The largest absolute Gasteiger partial charge is 0.497 e. The van der Waals surface area contributed by atoms with Crippen LogP contribution < -0.4 is 10.1 Å². The lowest BCUT2D eigenvalue weighted by atomic mass is 9.69. The van der Waals surface area contributed by atoms with E-state index in [2.05, 4.69) is 36.4 Å². The Morgan fingerprint density at radius 2 is 1.59 bits per heavy atom. The molecule has 4 fully saturated rings. The first-order chi connectivity index (χ1) is 31.0. The molecule has 0 amide bonds. The molecule has 15 nitrogen and oxygen atoms in total. The summed E-state index contributed by atoms with van der Waals surface area (Å²) in [4.78, 5) is 29.1. The van der Waals surface area contributed by atoms with E-state index in [9.17, 15) is 4.79 Å². The third-order valence-corrected chi connectivity index (χ3v) is 15.3. The summed E-state index contributed by atoms with van der Waals surface area (Å²) in [6.45, 7) is 8.08. The number of methoxy groups -OCH3 is 4. The number of ether oxygens (including phenoxy) is 9. The molecule has 2 aromatic rings. The molecule has 15 heteroatoms. The number of carbonyl (C=O) groups is 2. The number of likely N-dealkylation sites (N-methyl/N-ethyl adjacent to an activating group) is 1. The summed E-state index contributed by atoms with van der Waals surface area (Å²) < 4.78 is 57.7. The number of esters is 1. The second-order valence-corrected chi connectivity index (χ2v) is 18.8. The van der Waals surface area contributed by atoms with Crippen LogP contribution in [-0.4, -0.2) is 130 Å². The van der Waals surface area contributed by atoms with Crippen LogP contribution in [0.25, 0.3) is 17.0 Å². The minimum atomic E-state index is -0.699. The smallest absolute Gasteiger partial charge is 0.306 e. The molecule has 17 atom stereocenters. The maximum Gasteiger partial charge on any atom is 0.306 e.